The van der Waals surface area contributed by atoms with Gasteiger partial charge in [0.25, 0.3) is 0 Å². The van der Waals surface area contributed by atoms with Gasteiger partial charge in [0.05, 0.1) is 26.2 Å². The molecule has 0 radical (unpaired) electrons. The van der Waals surface area contributed by atoms with Gasteiger partial charge >= 0.3 is 5.97 Å². The summed E-state index contributed by atoms with van der Waals surface area (Å²) in [5, 5.41) is 0. The van der Waals surface area contributed by atoms with E-state index in [2.05, 4.69) is 4.74 Å². The zero-order valence-electron chi connectivity index (χ0n) is 7.41. The molecule has 1 rings (SSSR count). The van der Waals surface area contributed by atoms with E-state index in [9.17, 15) is 4.79 Å². The number of hydrogen-bond donors (Lipinski definition) is 0. The van der Waals surface area contributed by atoms with Crippen LogP contribution in [0.2, 0.25) is 0 Å². The van der Waals surface area contributed by atoms with Gasteiger partial charge in [0, 0.05) is 6.42 Å². The van der Waals surface area contributed by atoms with Crippen LogP contribution in [0.25, 0.3) is 0 Å². The molecule has 1 unspecified atom stereocenters. The van der Waals surface area contributed by atoms with Crippen LogP contribution >= 0.6 is 0 Å². The topological polar surface area (TPSA) is 44.8 Å². The zero-order valence-corrected chi connectivity index (χ0v) is 7.41. The molecule has 1 fully saturated rings. The van der Waals surface area contributed by atoms with E-state index in [1.54, 1.807) is 6.92 Å². The maximum Gasteiger partial charge on any atom is 0.308 e. The van der Waals surface area contributed by atoms with Gasteiger partial charge in [-0.2, -0.15) is 0 Å². The van der Waals surface area contributed by atoms with E-state index in [1.807, 2.05) is 0 Å². The van der Waals surface area contributed by atoms with Gasteiger partial charge in [-0.15, -0.1) is 0 Å². The van der Waals surface area contributed by atoms with E-state index in [0.717, 1.165) is 0 Å². The molecule has 0 N–H and O–H groups in total. The normalized spacial score (nSPS) is 20.8. The molecule has 0 aromatic rings. The Balaban J connectivity index is 2.24. The van der Waals surface area contributed by atoms with E-state index in [4.69, 9.17) is 9.47 Å². The van der Waals surface area contributed by atoms with Crippen LogP contribution in [-0.2, 0) is 19.0 Å². The third kappa shape index (κ3) is 2.46. The third-order valence-electron chi connectivity index (χ3n) is 1.84. The summed E-state index contributed by atoms with van der Waals surface area (Å²) in [6.45, 7) is 3.05. The van der Waals surface area contributed by atoms with Crippen LogP contribution in [0.3, 0.4) is 0 Å². The van der Waals surface area contributed by atoms with Gasteiger partial charge in [0.15, 0.2) is 6.29 Å². The van der Waals surface area contributed by atoms with Gasteiger partial charge in [-0.3, -0.25) is 4.79 Å². The quantitative estimate of drug-likeness (QED) is 0.586. The Labute approximate surface area is 71.8 Å². The van der Waals surface area contributed by atoms with Gasteiger partial charge in [-0.25, -0.2) is 0 Å². The fourth-order valence-corrected chi connectivity index (χ4v) is 1.13. The molecule has 0 bridgehead atoms. The maximum atomic E-state index is 11.0. The second-order valence-electron chi connectivity index (χ2n) is 2.83. The smallest absolute Gasteiger partial charge is 0.308 e. The summed E-state index contributed by atoms with van der Waals surface area (Å²) in [7, 11) is 1.38. The minimum absolute atomic E-state index is 0.155. The number of carbonyl (C=O) groups is 1. The fraction of sp³-hybridized carbons (Fsp3) is 0.875. The molecule has 0 amide bonds. The summed E-state index contributed by atoms with van der Waals surface area (Å²) in [6, 6.07) is 0. The molecule has 12 heavy (non-hydrogen) atoms. The maximum absolute atomic E-state index is 11.0. The van der Waals surface area contributed by atoms with Crippen molar-refractivity contribution in [3.63, 3.8) is 0 Å². The van der Waals surface area contributed by atoms with Gasteiger partial charge in [-0.05, 0) is 0 Å². The highest BCUT2D eigenvalue weighted by Crippen LogP contribution is 2.15. The van der Waals surface area contributed by atoms with Crippen molar-refractivity contribution in [1.82, 2.24) is 0 Å². The molecule has 0 aromatic heterocycles. The minimum Gasteiger partial charge on any atom is -0.469 e. The van der Waals surface area contributed by atoms with Crippen LogP contribution < -0.4 is 0 Å². The fourth-order valence-electron chi connectivity index (χ4n) is 1.13. The van der Waals surface area contributed by atoms with Crippen molar-refractivity contribution in [2.24, 2.45) is 5.92 Å². The number of esters is 1. The van der Waals surface area contributed by atoms with E-state index < -0.39 is 0 Å². The van der Waals surface area contributed by atoms with Crippen molar-refractivity contribution in [2.45, 2.75) is 19.6 Å². The molecule has 0 aromatic carbocycles. The molecule has 1 heterocycles. The highest BCUT2D eigenvalue weighted by Gasteiger charge is 2.23. The summed E-state index contributed by atoms with van der Waals surface area (Å²) in [4.78, 5) is 11.0. The summed E-state index contributed by atoms with van der Waals surface area (Å²) >= 11 is 0. The molecule has 1 aliphatic heterocycles. The van der Waals surface area contributed by atoms with Crippen LogP contribution in [0.1, 0.15) is 13.3 Å². The lowest BCUT2D eigenvalue weighted by Crippen LogP contribution is -2.20. The van der Waals surface area contributed by atoms with Gasteiger partial charge in [0.1, 0.15) is 0 Å². The predicted octanol–water partition coefficient (Wildman–Crippen LogP) is 0.558. The summed E-state index contributed by atoms with van der Waals surface area (Å²) in [5.74, 6) is -0.368. The van der Waals surface area contributed by atoms with Gasteiger partial charge in [0.2, 0.25) is 0 Å². The van der Waals surface area contributed by atoms with Crippen molar-refractivity contribution in [3.05, 3.63) is 0 Å². The molecule has 0 saturated carbocycles. The first-order valence-electron chi connectivity index (χ1n) is 4.05. The highest BCUT2D eigenvalue weighted by molar-refractivity contribution is 5.71. The van der Waals surface area contributed by atoms with Crippen LogP contribution in [-0.4, -0.2) is 32.6 Å². The van der Waals surface area contributed by atoms with Crippen molar-refractivity contribution in [1.29, 1.82) is 0 Å². The van der Waals surface area contributed by atoms with E-state index in [1.165, 1.54) is 7.11 Å². The van der Waals surface area contributed by atoms with Crippen molar-refractivity contribution < 1.29 is 19.0 Å². The lowest BCUT2D eigenvalue weighted by molar-refractivity contribution is -0.148. The SMILES string of the molecule is COC(=O)C(C)CC1OCCO1. The second kappa shape index (κ2) is 4.42. The van der Waals surface area contributed by atoms with Crippen molar-refractivity contribution in [2.75, 3.05) is 20.3 Å². The standard InChI is InChI=1S/C8H14O4/c1-6(8(9)10-2)5-7-11-3-4-12-7/h6-7H,3-5H2,1-2H3. The Bertz CT molecular complexity index is 151. The monoisotopic (exact) mass is 174 g/mol. The molecule has 1 aliphatic rings. The molecular weight excluding hydrogens is 160 g/mol. The first kappa shape index (κ1) is 9.48. The first-order chi connectivity index (χ1) is 5.74. The van der Waals surface area contributed by atoms with E-state index >= 15 is 0 Å². The Morgan fingerprint density at radius 2 is 2.17 bits per heavy atom. The average molecular weight is 174 g/mol. The van der Waals surface area contributed by atoms with Crippen LogP contribution in [0.15, 0.2) is 0 Å². The number of methoxy groups -OCH3 is 1. The predicted molar refractivity (Wildman–Crippen MR) is 41.5 cm³/mol. The molecule has 4 heteroatoms. The van der Waals surface area contributed by atoms with Crippen LogP contribution in [0.4, 0.5) is 0 Å². The van der Waals surface area contributed by atoms with E-state index in [0.29, 0.717) is 19.6 Å². The highest BCUT2D eigenvalue weighted by atomic mass is 16.7. The number of carbonyl (C=O) groups excluding carboxylic acids is 1. The summed E-state index contributed by atoms with van der Waals surface area (Å²) < 4.78 is 14.9. The molecule has 1 saturated heterocycles. The molecule has 0 spiro atoms. The summed E-state index contributed by atoms with van der Waals surface area (Å²) in [6.07, 6.45) is 0.353. The lowest BCUT2D eigenvalue weighted by atomic mass is 10.1. The number of hydrogen-bond acceptors (Lipinski definition) is 4. The van der Waals surface area contributed by atoms with Crippen LogP contribution in [0, 0.1) is 5.92 Å². The Morgan fingerprint density at radius 3 is 2.67 bits per heavy atom. The molecule has 4 nitrogen and oxygen atoms in total. The number of rotatable bonds is 3. The van der Waals surface area contributed by atoms with Crippen LogP contribution in [0.5, 0.6) is 0 Å². The van der Waals surface area contributed by atoms with Gasteiger partial charge in [-0.1, -0.05) is 6.92 Å². The molecule has 70 valence electrons. The average Bonchev–Trinajstić information content (AvgIpc) is 2.55. The molecule has 1 atom stereocenters. The largest absolute Gasteiger partial charge is 0.469 e. The number of ether oxygens (including phenoxy) is 3. The summed E-state index contributed by atoms with van der Waals surface area (Å²) in [5.41, 5.74) is 0. The van der Waals surface area contributed by atoms with E-state index in [-0.39, 0.29) is 18.2 Å². The first-order valence-corrected chi connectivity index (χ1v) is 4.05. The molecular formula is C8H14O4. The third-order valence-corrected chi connectivity index (χ3v) is 1.84. The minimum atomic E-state index is -0.223. The molecule has 0 aliphatic carbocycles. The van der Waals surface area contributed by atoms with Crippen molar-refractivity contribution >= 4 is 5.97 Å². The van der Waals surface area contributed by atoms with Gasteiger partial charge < -0.3 is 14.2 Å². The zero-order chi connectivity index (χ0) is 8.97. The second-order valence-corrected chi connectivity index (χ2v) is 2.83. The Hall–Kier alpha value is -0.610. The lowest BCUT2D eigenvalue weighted by Gasteiger charge is -2.12. The Morgan fingerprint density at radius 1 is 1.58 bits per heavy atom. The Kier molecular flexibility index (Phi) is 3.49. The van der Waals surface area contributed by atoms with Crippen molar-refractivity contribution in [3.8, 4) is 0 Å².